The number of carbonyl (C=O) groups is 1. The van der Waals surface area contributed by atoms with Crippen molar-refractivity contribution in [1.82, 2.24) is 9.88 Å². The van der Waals surface area contributed by atoms with Crippen molar-refractivity contribution < 1.29 is 4.79 Å². The average molecular weight is 290 g/mol. The third-order valence-corrected chi connectivity index (χ3v) is 3.14. The van der Waals surface area contributed by atoms with Gasteiger partial charge in [0.15, 0.2) is 0 Å². The first-order valence-electron chi connectivity index (χ1n) is 6.20. The molecule has 0 unspecified atom stereocenters. The lowest BCUT2D eigenvalue weighted by molar-refractivity contribution is 0.0785. The van der Waals surface area contributed by atoms with E-state index in [1.807, 2.05) is 31.2 Å². The SMILES string of the molecule is Cc1ccc(CN(C)C(=O)c2cc(N)nc(Cl)c2)cc1. The largest absolute Gasteiger partial charge is 0.384 e. The maximum absolute atomic E-state index is 12.3. The average Bonchev–Trinajstić information content (AvgIpc) is 2.39. The summed E-state index contributed by atoms with van der Waals surface area (Å²) in [6.07, 6.45) is 0. The van der Waals surface area contributed by atoms with Gasteiger partial charge in [0.25, 0.3) is 5.91 Å². The van der Waals surface area contributed by atoms with Crippen LogP contribution in [0.25, 0.3) is 0 Å². The summed E-state index contributed by atoms with van der Waals surface area (Å²) in [6.45, 7) is 2.55. The summed E-state index contributed by atoms with van der Waals surface area (Å²) in [5, 5.41) is 0.220. The zero-order valence-corrected chi connectivity index (χ0v) is 12.2. The minimum absolute atomic E-state index is 0.137. The highest BCUT2D eigenvalue weighted by Gasteiger charge is 2.13. The van der Waals surface area contributed by atoms with E-state index in [0.717, 1.165) is 5.56 Å². The van der Waals surface area contributed by atoms with E-state index in [1.54, 1.807) is 11.9 Å². The fraction of sp³-hybridized carbons (Fsp3) is 0.200. The Morgan fingerprint density at radius 2 is 1.95 bits per heavy atom. The van der Waals surface area contributed by atoms with Crippen LogP contribution in [0.15, 0.2) is 36.4 Å². The Morgan fingerprint density at radius 1 is 1.30 bits per heavy atom. The van der Waals surface area contributed by atoms with Crippen LogP contribution in [0.1, 0.15) is 21.5 Å². The minimum atomic E-state index is -0.137. The molecule has 2 N–H and O–H groups in total. The summed E-state index contributed by atoms with van der Waals surface area (Å²) >= 11 is 5.81. The first-order chi connectivity index (χ1) is 9.45. The third-order valence-electron chi connectivity index (χ3n) is 2.95. The fourth-order valence-electron chi connectivity index (χ4n) is 1.90. The van der Waals surface area contributed by atoms with E-state index in [-0.39, 0.29) is 16.9 Å². The van der Waals surface area contributed by atoms with Crippen molar-refractivity contribution in [3.8, 4) is 0 Å². The molecule has 2 rings (SSSR count). The van der Waals surface area contributed by atoms with Crippen molar-refractivity contribution in [2.24, 2.45) is 0 Å². The summed E-state index contributed by atoms with van der Waals surface area (Å²) in [5.41, 5.74) is 8.30. The Morgan fingerprint density at radius 3 is 2.55 bits per heavy atom. The molecular weight excluding hydrogens is 274 g/mol. The smallest absolute Gasteiger partial charge is 0.254 e. The summed E-state index contributed by atoms with van der Waals surface area (Å²) in [4.78, 5) is 17.8. The van der Waals surface area contributed by atoms with Crippen molar-refractivity contribution in [2.45, 2.75) is 13.5 Å². The highest BCUT2D eigenvalue weighted by Crippen LogP contribution is 2.15. The summed E-state index contributed by atoms with van der Waals surface area (Å²) in [6, 6.07) is 11.1. The van der Waals surface area contributed by atoms with E-state index < -0.39 is 0 Å². The number of anilines is 1. The maximum Gasteiger partial charge on any atom is 0.254 e. The number of hydrogen-bond acceptors (Lipinski definition) is 3. The number of nitrogens with two attached hydrogens (primary N) is 1. The molecule has 4 nitrogen and oxygen atoms in total. The van der Waals surface area contributed by atoms with Crippen LogP contribution in [-0.4, -0.2) is 22.8 Å². The molecule has 0 aliphatic carbocycles. The number of carbonyl (C=O) groups excluding carboxylic acids is 1. The van der Waals surface area contributed by atoms with Crippen LogP contribution in [-0.2, 0) is 6.54 Å². The first-order valence-corrected chi connectivity index (χ1v) is 6.57. The summed E-state index contributed by atoms with van der Waals surface area (Å²) in [5.74, 6) is 0.103. The molecule has 5 heteroatoms. The molecule has 0 aliphatic heterocycles. The molecule has 0 bridgehead atoms. The van der Waals surface area contributed by atoms with Gasteiger partial charge in [-0.25, -0.2) is 4.98 Å². The topological polar surface area (TPSA) is 59.2 Å². The molecule has 1 heterocycles. The Bertz CT molecular complexity index is 605. The first kappa shape index (κ1) is 14.3. The van der Waals surface area contributed by atoms with Crippen LogP contribution >= 0.6 is 11.6 Å². The Hall–Kier alpha value is -2.07. The van der Waals surface area contributed by atoms with E-state index >= 15 is 0 Å². The lowest BCUT2D eigenvalue weighted by Crippen LogP contribution is -2.26. The van der Waals surface area contributed by atoms with Gasteiger partial charge in [-0.1, -0.05) is 41.4 Å². The highest BCUT2D eigenvalue weighted by atomic mass is 35.5. The van der Waals surface area contributed by atoms with E-state index in [9.17, 15) is 4.79 Å². The molecular formula is C15H16ClN3O. The lowest BCUT2D eigenvalue weighted by Gasteiger charge is -2.17. The van der Waals surface area contributed by atoms with Crippen molar-refractivity contribution in [1.29, 1.82) is 0 Å². The molecule has 0 radical (unpaired) electrons. The van der Waals surface area contributed by atoms with Crippen molar-refractivity contribution >= 4 is 23.3 Å². The molecule has 2 aromatic rings. The number of hydrogen-bond donors (Lipinski definition) is 1. The van der Waals surface area contributed by atoms with Gasteiger partial charge in [-0.2, -0.15) is 0 Å². The molecule has 0 saturated heterocycles. The molecule has 0 saturated carbocycles. The fourth-order valence-corrected chi connectivity index (χ4v) is 2.12. The maximum atomic E-state index is 12.3. The Labute approximate surface area is 123 Å². The van der Waals surface area contributed by atoms with Crippen molar-refractivity contribution in [2.75, 3.05) is 12.8 Å². The number of halogens is 1. The Kier molecular flexibility index (Phi) is 4.25. The second-order valence-corrected chi connectivity index (χ2v) is 5.14. The molecule has 20 heavy (non-hydrogen) atoms. The Balaban J connectivity index is 2.14. The molecule has 104 valence electrons. The number of nitrogen functional groups attached to an aromatic ring is 1. The van der Waals surface area contributed by atoms with Crippen LogP contribution in [0, 0.1) is 6.92 Å². The van der Waals surface area contributed by atoms with E-state index in [1.165, 1.54) is 17.7 Å². The normalized spacial score (nSPS) is 10.3. The van der Waals surface area contributed by atoms with Gasteiger partial charge in [0.2, 0.25) is 0 Å². The highest BCUT2D eigenvalue weighted by molar-refractivity contribution is 6.29. The van der Waals surface area contributed by atoms with Gasteiger partial charge in [0.1, 0.15) is 11.0 Å². The molecule has 1 aromatic carbocycles. The molecule has 0 fully saturated rings. The lowest BCUT2D eigenvalue weighted by atomic mass is 10.1. The van der Waals surface area contributed by atoms with Gasteiger partial charge in [-0.05, 0) is 24.6 Å². The summed E-state index contributed by atoms with van der Waals surface area (Å²) in [7, 11) is 1.74. The number of aromatic nitrogens is 1. The van der Waals surface area contributed by atoms with Crippen LogP contribution < -0.4 is 5.73 Å². The second-order valence-electron chi connectivity index (χ2n) is 4.75. The number of aryl methyl sites for hydroxylation is 1. The third kappa shape index (κ3) is 3.48. The van der Waals surface area contributed by atoms with Gasteiger partial charge >= 0.3 is 0 Å². The molecule has 0 atom stereocenters. The quantitative estimate of drug-likeness (QED) is 0.884. The van der Waals surface area contributed by atoms with Crippen LogP contribution in [0.3, 0.4) is 0 Å². The van der Waals surface area contributed by atoms with Gasteiger partial charge in [-0.15, -0.1) is 0 Å². The van der Waals surface area contributed by atoms with Gasteiger partial charge in [-0.3, -0.25) is 4.79 Å². The number of pyridine rings is 1. The zero-order valence-electron chi connectivity index (χ0n) is 11.4. The number of benzene rings is 1. The molecule has 1 amide bonds. The van der Waals surface area contributed by atoms with E-state index in [2.05, 4.69) is 4.98 Å². The predicted molar refractivity (Wildman–Crippen MR) is 80.6 cm³/mol. The van der Waals surface area contributed by atoms with Gasteiger partial charge in [0, 0.05) is 19.2 Å². The number of nitrogens with zero attached hydrogens (tertiary/aromatic N) is 2. The second kappa shape index (κ2) is 5.92. The zero-order chi connectivity index (χ0) is 14.7. The van der Waals surface area contributed by atoms with E-state index in [4.69, 9.17) is 17.3 Å². The van der Waals surface area contributed by atoms with Gasteiger partial charge < -0.3 is 10.6 Å². The predicted octanol–water partition coefficient (Wildman–Crippen LogP) is 2.90. The standard InChI is InChI=1S/C15H16ClN3O/c1-10-3-5-11(6-4-10)9-19(2)15(20)12-7-13(16)18-14(17)8-12/h3-8H,9H2,1-2H3,(H2,17,18). The van der Waals surface area contributed by atoms with Crippen molar-refractivity contribution in [3.05, 3.63) is 58.2 Å². The molecule has 0 aliphatic rings. The molecule has 1 aromatic heterocycles. The monoisotopic (exact) mass is 289 g/mol. The van der Waals surface area contributed by atoms with Crippen LogP contribution in [0.5, 0.6) is 0 Å². The van der Waals surface area contributed by atoms with Gasteiger partial charge in [0.05, 0.1) is 0 Å². The van der Waals surface area contributed by atoms with Crippen molar-refractivity contribution in [3.63, 3.8) is 0 Å². The summed E-state index contributed by atoms with van der Waals surface area (Å²) < 4.78 is 0. The van der Waals surface area contributed by atoms with Crippen LogP contribution in [0.2, 0.25) is 5.15 Å². The van der Waals surface area contributed by atoms with E-state index in [0.29, 0.717) is 12.1 Å². The number of rotatable bonds is 3. The molecule has 0 spiro atoms. The minimum Gasteiger partial charge on any atom is -0.384 e. The number of amides is 1. The van der Waals surface area contributed by atoms with Crippen LogP contribution in [0.4, 0.5) is 5.82 Å².